The van der Waals surface area contributed by atoms with Crippen LogP contribution in [0.2, 0.25) is 0 Å². The Kier molecular flexibility index (Phi) is 3.75. The molecule has 0 bridgehead atoms. The first-order valence-electron chi connectivity index (χ1n) is 5.88. The van der Waals surface area contributed by atoms with Crippen LogP contribution in [0.3, 0.4) is 0 Å². The van der Waals surface area contributed by atoms with Crippen LogP contribution in [0, 0.1) is 0 Å². The summed E-state index contributed by atoms with van der Waals surface area (Å²) in [5.74, 6) is -0.460. The summed E-state index contributed by atoms with van der Waals surface area (Å²) in [6.45, 7) is 3.83. The van der Waals surface area contributed by atoms with Crippen LogP contribution in [0.4, 0.5) is 0 Å². The van der Waals surface area contributed by atoms with Gasteiger partial charge in [0.15, 0.2) is 5.69 Å². The van der Waals surface area contributed by atoms with Crippen molar-refractivity contribution in [3.63, 3.8) is 0 Å². The molecule has 2 aromatic heterocycles. The monoisotopic (exact) mass is 258 g/mol. The maximum absolute atomic E-state index is 11.1. The fourth-order valence-corrected chi connectivity index (χ4v) is 1.71. The van der Waals surface area contributed by atoms with Crippen LogP contribution < -0.4 is 4.74 Å². The summed E-state index contributed by atoms with van der Waals surface area (Å²) in [7, 11) is 0. The summed E-state index contributed by atoms with van der Waals surface area (Å²) < 4.78 is 5.55. The average Bonchev–Trinajstić information content (AvgIpc) is 2.38. The highest BCUT2D eigenvalue weighted by Gasteiger charge is 2.13. The SMILES string of the molecule is CC(C)Oc1cncc(-c2cccnc2C(=O)O)c1. The largest absolute Gasteiger partial charge is 0.489 e. The first kappa shape index (κ1) is 13.0. The molecule has 0 saturated carbocycles. The first-order chi connectivity index (χ1) is 9.08. The van der Waals surface area contributed by atoms with Gasteiger partial charge in [-0.25, -0.2) is 9.78 Å². The molecule has 0 aromatic carbocycles. The minimum atomic E-state index is -1.06. The van der Waals surface area contributed by atoms with Gasteiger partial charge in [0.2, 0.25) is 0 Å². The van der Waals surface area contributed by atoms with E-state index >= 15 is 0 Å². The molecule has 0 aliphatic carbocycles. The molecule has 0 spiro atoms. The van der Waals surface area contributed by atoms with Gasteiger partial charge in [-0.05, 0) is 26.0 Å². The highest BCUT2D eigenvalue weighted by atomic mass is 16.5. The molecule has 0 amide bonds. The Labute approximate surface area is 110 Å². The lowest BCUT2D eigenvalue weighted by Crippen LogP contribution is -2.06. The molecule has 0 saturated heterocycles. The third-order valence-corrected chi connectivity index (χ3v) is 2.41. The highest BCUT2D eigenvalue weighted by molar-refractivity contribution is 5.93. The van der Waals surface area contributed by atoms with Gasteiger partial charge in [0.1, 0.15) is 5.75 Å². The molecule has 0 fully saturated rings. The van der Waals surface area contributed by atoms with Crippen molar-refractivity contribution in [1.29, 1.82) is 0 Å². The van der Waals surface area contributed by atoms with E-state index in [0.717, 1.165) is 0 Å². The summed E-state index contributed by atoms with van der Waals surface area (Å²) in [4.78, 5) is 19.1. The lowest BCUT2D eigenvalue weighted by Gasteiger charge is -2.11. The van der Waals surface area contributed by atoms with Crippen LogP contribution in [0.15, 0.2) is 36.8 Å². The molecule has 0 aliphatic heterocycles. The van der Waals surface area contributed by atoms with Crippen molar-refractivity contribution in [3.8, 4) is 16.9 Å². The zero-order valence-corrected chi connectivity index (χ0v) is 10.7. The molecule has 2 heterocycles. The highest BCUT2D eigenvalue weighted by Crippen LogP contribution is 2.25. The Balaban J connectivity index is 2.44. The van der Waals surface area contributed by atoms with Crippen molar-refractivity contribution >= 4 is 5.97 Å². The van der Waals surface area contributed by atoms with Gasteiger partial charge >= 0.3 is 5.97 Å². The Morgan fingerprint density at radius 2 is 2.16 bits per heavy atom. The molecule has 98 valence electrons. The molecule has 0 aliphatic rings. The third-order valence-electron chi connectivity index (χ3n) is 2.41. The van der Waals surface area contributed by atoms with Crippen molar-refractivity contribution < 1.29 is 14.6 Å². The van der Waals surface area contributed by atoms with E-state index in [1.807, 2.05) is 13.8 Å². The van der Waals surface area contributed by atoms with E-state index in [1.54, 1.807) is 30.6 Å². The Bertz CT molecular complexity index is 597. The van der Waals surface area contributed by atoms with Gasteiger partial charge in [0, 0.05) is 23.5 Å². The van der Waals surface area contributed by atoms with E-state index < -0.39 is 5.97 Å². The number of carboxylic acid groups (broad SMARTS) is 1. The topological polar surface area (TPSA) is 72.3 Å². The van der Waals surface area contributed by atoms with Gasteiger partial charge in [-0.2, -0.15) is 0 Å². The molecule has 5 nitrogen and oxygen atoms in total. The number of aromatic carboxylic acids is 1. The number of hydrogen-bond donors (Lipinski definition) is 1. The zero-order chi connectivity index (χ0) is 13.8. The van der Waals surface area contributed by atoms with E-state index in [1.165, 1.54) is 6.20 Å². The molecule has 1 N–H and O–H groups in total. The van der Waals surface area contributed by atoms with Gasteiger partial charge in [0.25, 0.3) is 0 Å². The van der Waals surface area contributed by atoms with E-state index in [-0.39, 0.29) is 11.8 Å². The van der Waals surface area contributed by atoms with Crippen LogP contribution in [-0.2, 0) is 0 Å². The molecule has 19 heavy (non-hydrogen) atoms. The quantitative estimate of drug-likeness (QED) is 0.912. The van der Waals surface area contributed by atoms with E-state index in [0.29, 0.717) is 16.9 Å². The molecule has 2 aromatic rings. The van der Waals surface area contributed by atoms with Crippen molar-refractivity contribution in [2.45, 2.75) is 20.0 Å². The molecule has 2 rings (SSSR count). The summed E-state index contributed by atoms with van der Waals surface area (Å²) in [5.41, 5.74) is 1.20. The van der Waals surface area contributed by atoms with E-state index in [9.17, 15) is 4.79 Å². The second-order valence-electron chi connectivity index (χ2n) is 4.28. The lowest BCUT2D eigenvalue weighted by atomic mass is 10.1. The van der Waals surface area contributed by atoms with Gasteiger partial charge in [0.05, 0.1) is 12.3 Å². The maximum Gasteiger partial charge on any atom is 0.355 e. The van der Waals surface area contributed by atoms with Crippen LogP contribution in [0.5, 0.6) is 5.75 Å². The number of nitrogens with zero attached hydrogens (tertiary/aromatic N) is 2. The third kappa shape index (κ3) is 3.07. The van der Waals surface area contributed by atoms with Crippen LogP contribution in [0.1, 0.15) is 24.3 Å². The number of ether oxygens (including phenoxy) is 1. The number of hydrogen-bond acceptors (Lipinski definition) is 4. The Morgan fingerprint density at radius 3 is 2.84 bits per heavy atom. The van der Waals surface area contributed by atoms with E-state index in [2.05, 4.69) is 9.97 Å². The Hall–Kier alpha value is -2.43. The lowest BCUT2D eigenvalue weighted by molar-refractivity contribution is 0.0691. The van der Waals surface area contributed by atoms with Crippen molar-refractivity contribution in [2.75, 3.05) is 0 Å². The van der Waals surface area contributed by atoms with Gasteiger partial charge < -0.3 is 9.84 Å². The fourth-order valence-electron chi connectivity index (χ4n) is 1.71. The summed E-state index contributed by atoms with van der Waals surface area (Å²) in [6, 6.07) is 5.15. The second kappa shape index (κ2) is 5.48. The second-order valence-corrected chi connectivity index (χ2v) is 4.28. The average molecular weight is 258 g/mol. The van der Waals surface area contributed by atoms with Crippen molar-refractivity contribution in [3.05, 3.63) is 42.5 Å². The van der Waals surface area contributed by atoms with Crippen molar-refractivity contribution in [1.82, 2.24) is 9.97 Å². The minimum absolute atomic E-state index is 0.00555. The summed E-state index contributed by atoms with van der Waals surface area (Å²) in [6.07, 6.45) is 4.68. The molecule has 0 unspecified atom stereocenters. The Morgan fingerprint density at radius 1 is 1.37 bits per heavy atom. The minimum Gasteiger partial charge on any atom is -0.489 e. The summed E-state index contributed by atoms with van der Waals surface area (Å²) >= 11 is 0. The van der Waals surface area contributed by atoms with Gasteiger partial charge in [-0.15, -0.1) is 0 Å². The number of carboxylic acids is 1. The molecule has 0 atom stereocenters. The van der Waals surface area contributed by atoms with E-state index in [4.69, 9.17) is 9.84 Å². The smallest absolute Gasteiger partial charge is 0.355 e. The maximum atomic E-state index is 11.1. The number of carbonyl (C=O) groups is 1. The summed E-state index contributed by atoms with van der Waals surface area (Å²) in [5, 5.41) is 9.13. The number of aromatic nitrogens is 2. The predicted molar refractivity (Wildman–Crippen MR) is 70.2 cm³/mol. The number of pyridine rings is 2. The van der Waals surface area contributed by atoms with Gasteiger partial charge in [-0.1, -0.05) is 6.07 Å². The molecule has 0 radical (unpaired) electrons. The van der Waals surface area contributed by atoms with Crippen LogP contribution >= 0.6 is 0 Å². The number of rotatable bonds is 4. The zero-order valence-electron chi connectivity index (χ0n) is 10.7. The standard InChI is InChI=1S/C14H14N2O3/c1-9(2)19-11-6-10(7-15-8-11)12-4-3-5-16-13(12)14(17)18/h3-9H,1-2H3,(H,17,18). The predicted octanol–water partition coefficient (Wildman–Crippen LogP) is 2.63. The first-order valence-corrected chi connectivity index (χ1v) is 5.88. The molecular formula is C14H14N2O3. The normalized spacial score (nSPS) is 10.5. The van der Waals surface area contributed by atoms with Crippen LogP contribution in [-0.4, -0.2) is 27.1 Å². The fraction of sp³-hybridized carbons (Fsp3) is 0.214. The van der Waals surface area contributed by atoms with Gasteiger partial charge in [-0.3, -0.25) is 4.98 Å². The van der Waals surface area contributed by atoms with Crippen molar-refractivity contribution in [2.24, 2.45) is 0 Å². The molecular weight excluding hydrogens is 244 g/mol. The van der Waals surface area contributed by atoms with Crippen LogP contribution in [0.25, 0.3) is 11.1 Å². The molecule has 5 heteroatoms.